The maximum absolute atomic E-state index is 10.1. The second kappa shape index (κ2) is 6.82. The van der Waals surface area contributed by atoms with E-state index in [1.165, 1.54) is 19.3 Å². The monoisotopic (exact) mass is 264 g/mol. The summed E-state index contributed by atoms with van der Waals surface area (Å²) in [6.07, 6.45) is 3.48. The molecule has 0 aromatic carbocycles. The predicted octanol–water partition coefficient (Wildman–Crippen LogP) is 1.35. The van der Waals surface area contributed by atoms with Crippen LogP contribution in [0.25, 0.3) is 0 Å². The summed E-state index contributed by atoms with van der Waals surface area (Å²) in [5.74, 6) is 1.55. The first-order valence-electron chi connectivity index (χ1n) is 7.10. The molecule has 2 heterocycles. The quantitative estimate of drug-likeness (QED) is 0.840. The number of aliphatic hydroxyl groups is 1. The first-order chi connectivity index (χ1) is 9.13. The Morgan fingerprint density at radius 1 is 1.26 bits per heavy atom. The maximum Gasteiger partial charge on any atom is 0.130 e. The zero-order valence-electron chi connectivity index (χ0n) is 11.9. The normalized spacial score (nSPS) is 18.3. The Morgan fingerprint density at radius 2 is 2.00 bits per heavy atom. The lowest BCUT2D eigenvalue weighted by Gasteiger charge is -2.28. The third-order valence-electron chi connectivity index (χ3n) is 3.40. The molecule has 2 rings (SSSR count). The van der Waals surface area contributed by atoms with Gasteiger partial charge in [-0.1, -0.05) is 6.42 Å². The number of β-amino-alcohol motifs (C(OH)–C–C–N with tert-alkyl or cyclic N) is 1. The summed E-state index contributed by atoms with van der Waals surface area (Å²) in [5.41, 5.74) is 0.945. The van der Waals surface area contributed by atoms with E-state index in [-0.39, 0.29) is 6.10 Å². The second-order valence-corrected chi connectivity index (χ2v) is 5.34. The van der Waals surface area contributed by atoms with Gasteiger partial charge in [-0.15, -0.1) is 0 Å². The lowest BCUT2D eigenvalue weighted by molar-refractivity contribution is 0.109. The highest BCUT2D eigenvalue weighted by Gasteiger charge is 2.14. The summed E-state index contributed by atoms with van der Waals surface area (Å²) in [5, 5.41) is 13.2. The minimum absolute atomic E-state index is 0.353. The van der Waals surface area contributed by atoms with Gasteiger partial charge in [-0.25, -0.2) is 9.97 Å². The highest BCUT2D eigenvalue weighted by Crippen LogP contribution is 2.10. The van der Waals surface area contributed by atoms with Gasteiger partial charge in [0.1, 0.15) is 11.6 Å². The number of hydrogen-bond donors (Lipinski definition) is 2. The van der Waals surface area contributed by atoms with Crippen molar-refractivity contribution in [3.05, 3.63) is 17.6 Å². The van der Waals surface area contributed by atoms with Crippen LogP contribution < -0.4 is 5.32 Å². The van der Waals surface area contributed by atoms with Crippen molar-refractivity contribution in [1.29, 1.82) is 0 Å². The van der Waals surface area contributed by atoms with Gasteiger partial charge in [0.05, 0.1) is 6.10 Å². The van der Waals surface area contributed by atoms with Gasteiger partial charge in [0.25, 0.3) is 0 Å². The van der Waals surface area contributed by atoms with E-state index in [0.29, 0.717) is 6.54 Å². The molecule has 0 bridgehead atoms. The van der Waals surface area contributed by atoms with Gasteiger partial charge in [0.2, 0.25) is 0 Å². The zero-order chi connectivity index (χ0) is 13.7. The van der Waals surface area contributed by atoms with E-state index in [1.54, 1.807) is 0 Å². The van der Waals surface area contributed by atoms with Crippen molar-refractivity contribution >= 4 is 5.82 Å². The number of aromatic nitrogens is 2. The fourth-order valence-electron chi connectivity index (χ4n) is 2.53. The number of aryl methyl sites for hydroxylation is 2. The lowest BCUT2D eigenvalue weighted by atomic mass is 10.1. The van der Waals surface area contributed by atoms with E-state index >= 15 is 0 Å². The van der Waals surface area contributed by atoms with E-state index in [2.05, 4.69) is 20.2 Å². The number of likely N-dealkylation sites (tertiary alicyclic amines) is 1. The largest absolute Gasteiger partial charge is 0.390 e. The molecule has 0 aliphatic carbocycles. The Hall–Kier alpha value is -1.20. The van der Waals surface area contributed by atoms with Crippen LogP contribution in [0.5, 0.6) is 0 Å². The summed E-state index contributed by atoms with van der Waals surface area (Å²) in [6, 6.07) is 1.90. The van der Waals surface area contributed by atoms with Crippen LogP contribution in [-0.2, 0) is 0 Å². The van der Waals surface area contributed by atoms with Crippen LogP contribution in [-0.4, -0.2) is 52.3 Å². The Bertz CT molecular complexity index is 384. The Labute approximate surface area is 115 Å². The summed E-state index contributed by atoms with van der Waals surface area (Å²) in [6.45, 7) is 7.33. The highest BCUT2D eigenvalue weighted by molar-refractivity contribution is 5.35. The Morgan fingerprint density at radius 3 is 2.68 bits per heavy atom. The molecule has 2 N–H and O–H groups in total. The minimum Gasteiger partial charge on any atom is -0.390 e. The van der Waals surface area contributed by atoms with Crippen molar-refractivity contribution in [1.82, 2.24) is 14.9 Å². The molecule has 0 unspecified atom stereocenters. The van der Waals surface area contributed by atoms with Crippen LogP contribution in [0.2, 0.25) is 0 Å². The molecular weight excluding hydrogens is 240 g/mol. The predicted molar refractivity (Wildman–Crippen MR) is 76.3 cm³/mol. The van der Waals surface area contributed by atoms with Crippen molar-refractivity contribution in [3.63, 3.8) is 0 Å². The van der Waals surface area contributed by atoms with E-state index in [4.69, 9.17) is 0 Å². The van der Waals surface area contributed by atoms with Crippen LogP contribution in [0, 0.1) is 13.8 Å². The van der Waals surface area contributed by atoms with Crippen LogP contribution in [0.15, 0.2) is 6.07 Å². The van der Waals surface area contributed by atoms with E-state index in [9.17, 15) is 5.11 Å². The van der Waals surface area contributed by atoms with E-state index in [0.717, 1.165) is 37.0 Å². The molecule has 1 fully saturated rings. The molecule has 0 amide bonds. The smallest absolute Gasteiger partial charge is 0.130 e. The molecule has 1 aromatic rings. The number of aliphatic hydroxyl groups excluding tert-OH is 1. The van der Waals surface area contributed by atoms with Gasteiger partial charge in [0, 0.05) is 24.8 Å². The van der Waals surface area contributed by atoms with Crippen molar-refractivity contribution in [2.75, 3.05) is 31.5 Å². The van der Waals surface area contributed by atoms with Gasteiger partial charge < -0.3 is 15.3 Å². The molecular formula is C14H24N4O. The topological polar surface area (TPSA) is 61.3 Å². The first-order valence-corrected chi connectivity index (χ1v) is 7.10. The molecule has 1 saturated heterocycles. The van der Waals surface area contributed by atoms with E-state index in [1.807, 2.05) is 19.9 Å². The molecule has 106 valence electrons. The van der Waals surface area contributed by atoms with Gasteiger partial charge in [0.15, 0.2) is 0 Å². The number of hydrogen-bond acceptors (Lipinski definition) is 5. The van der Waals surface area contributed by atoms with Crippen molar-refractivity contribution in [3.8, 4) is 0 Å². The van der Waals surface area contributed by atoms with Crippen molar-refractivity contribution in [2.45, 2.75) is 39.2 Å². The first kappa shape index (κ1) is 14.2. The molecule has 5 nitrogen and oxygen atoms in total. The summed E-state index contributed by atoms with van der Waals surface area (Å²) >= 11 is 0. The second-order valence-electron chi connectivity index (χ2n) is 5.34. The molecule has 0 radical (unpaired) electrons. The van der Waals surface area contributed by atoms with Crippen LogP contribution in [0.1, 0.15) is 30.8 Å². The summed E-state index contributed by atoms with van der Waals surface area (Å²) in [4.78, 5) is 10.9. The maximum atomic E-state index is 10.1. The average Bonchev–Trinajstić information content (AvgIpc) is 2.36. The number of rotatable bonds is 5. The Kier molecular flexibility index (Phi) is 5.10. The molecule has 0 spiro atoms. The molecule has 1 aromatic heterocycles. The fourth-order valence-corrected chi connectivity index (χ4v) is 2.53. The SMILES string of the molecule is Cc1cc(NC[C@@H](O)CN2CCCCC2)nc(C)n1. The van der Waals surface area contributed by atoms with Gasteiger partial charge in [-0.2, -0.15) is 0 Å². The Balaban J connectivity index is 1.77. The fraction of sp³-hybridized carbons (Fsp3) is 0.714. The molecule has 19 heavy (non-hydrogen) atoms. The number of piperidine rings is 1. The lowest BCUT2D eigenvalue weighted by Crippen LogP contribution is -2.39. The van der Waals surface area contributed by atoms with Crippen molar-refractivity contribution in [2.24, 2.45) is 0 Å². The molecule has 5 heteroatoms. The van der Waals surface area contributed by atoms with Gasteiger partial charge in [-0.3, -0.25) is 0 Å². The van der Waals surface area contributed by atoms with Crippen molar-refractivity contribution < 1.29 is 5.11 Å². The molecule has 1 atom stereocenters. The van der Waals surface area contributed by atoms with Gasteiger partial charge in [-0.05, 0) is 39.8 Å². The number of anilines is 1. The molecule has 0 saturated carbocycles. The third kappa shape index (κ3) is 4.76. The molecule has 1 aliphatic heterocycles. The number of nitrogens with zero attached hydrogens (tertiary/aromatic N) is 3. The summed E-state index contributed by atoms with van der Waals surface area (Å²) < 4.78 is 0. The van der Waals surface area contributed by atoms with Gasteiger partial charge >= 0.3 is 0 Å². The minimum atomic E-state index is -0.353. The van der Waals surface area contributed by atoms with E-state index < -0.39 is 0 Å². The third-order valence-corrected chi connectivity index (χ3v) is 3.40. The van der Waals surface area contributed by atoms with Crippen LogP contribution in [0.3, 0.4) is 0 Å². The van der Waals surface area contributed by atoms with Crippen LogP contribution in [0.4, 0.5) is 5.82 Å². The number of nitrogens with one attached hydrogen (secondary N) is 1. The standard InChI is InChI=1S/C14H24N4O/c1-11-8-14(17-12(2)16-11)15-9-13(19)10-18-6-4-3-5-7-18/h8,13,19H,3-7,9-10H2,1-2H3,(H,15,16,17)/t13-/m1/s1. The van der Waals surface area contributed by atoms with Crippen LogP contribution >= 0.6 is 0 Å². The zero-order valence-corrected chi connectivity index (χ0v) is 11.9. The highest BCUT2D eigenvalue weighted by atomic mass is 16.3. The average molecular weight is 264 g/mol. The molecule has 1 aliphatic rings. The summed E-state index contributed by atoms with van der Waals surface area (Å²) in [7, 11) is 0.